The molecule has 2 N–H and O–H groups in total. The number of rotatable bonds is 3. The molecule has 9 nitrogen and oxygen atoms in total. The number of hydrogen-bond donors (Lipinski definition) is 2. The van der Waals surface area contributed by atoms with Crippen molar-refractivity contribution in [2.75, 3.05) is 6.54 Å². The van der Waals surface area contributed by atoms with E-state index in [4.69, 9.17) is 11.6 Å². The van der Waals surface area contributed by atoms with Crippen molar-refractivity contribution in [2.24, 2.45) is 7.05 Å². The molecule has 0 spiro atoms. The van der Waals surface area contributed by atoms with Gasteiger partial charge >= 0.3 is 5.69 Å². The van der Waals surface area contributed by atoms with Gasteiger partial charge in [-0.15, -0.1) is 0 Å². The van der Waals surface area contributed by atoms with Gasteiger partial charge < -0.3 is 4.98 Å². The number of aromatic amines is 2. The molecule has 3 aromatic rings. The Morgan fingerprint density at radius 3 is 2.69 bits per heavy atom. The summed E-state index contributed by atoms with van der Waals surface area (Å²) in [5.74, 6) is 0. The number of H-pyrrole nitrogens is 2. The predicted octanol–water partition coefficient (Wildman–Crippen LogP) is 1.91. The lowest BCUT2D eigenvalue weighted by atomic mass is 10.1. The van der Waals surface area contributed by atoms with Crippen LogP contribution in [0.25, 0.3) is 10.9 Å². The van der Waals surface area contributed by atoms with Gasteiger partial charge in [-0.1, -0.05) is 24.4 Å². The topological polar surface area (TPSA) is 121 Å². The van der Waals surface area contributed by atoms with Gasteiger partial charge in [-0.05, 0) is 31.0 Å². The van der Waals surface area contributed by atoms with Crippen LogP contribution in [-0.4, -0.2) is 39.0 Å². The number of halogens is 1. The van der Waals surface area contributed by atoms with Gasteiger partial charge in [0.15, 0.2) is 0 Å². The Morgan fingerprint density at radius 1 is 1.17 bits per heavy atom. The van der Waals surface area contributed by atoms with Crippen LogP contribution in [0.2, 0.25) is 5.02 Å². The largest absolute Gasteiger partial charge is 0.326 e. The maximum atomic E-state index is 13.5. The van der Waals surface area contributed by atoms with Crippen LogP contribution in [0, 0.1) is 0 Å². The zero-order valence-corrected chi connectivity index (χ0v) is 17.3. The minimum atomic E-state index is -3.93. The summed E-state index contributed by atoms with van der Waals surface area (Å²) in [5, 5.41) is 4.92. The summed E-state index contributed by atoms with van der Waals surface area (Å²) in [6.07, 6.45) is 4.76. The molecule has 4 rings (SSSR count). The molecule has 0 amide bonds. The average molecular weight is 438 g/mol. The van der Waals surface area contributed by atoms with Crippen molar-refractivity contribution in [1.82, 2.24) is 24.1 Å². The quantitative estimate of drug-likeness (QED) is 0.648. The molecule has 1 atom stereocenters. The van der Waals surface area contributed by atoms with Crippen molar-refractivity contribution >= 4 is 32.5 Å². The van der Waals surface area contributed by atoms with E-state index in [0.717, 1.165) is 19.3 Å². The van der Waals surface area contributed by atoms with Crippen molar-refractivity contribution < 1.29 is 8.42 Å². The lowest BCUT2D eigenvalue weighted by Crippen LogP contribution is -2.35. The molecule has 29 heavy (non-hydrogen) atoms. The number of nitrogens with one attached hydrogen (secondary N) is 2. The minimum Gasteiger partial charge on any atom is -0.307 e. The Kier molecular flexibility index (Phi) is 5.09. The van der Waals surface area contributed by atoms with E-state index in [0.29, 0.717) is 23.7 Å². The van der Waals surface area contributed by atoms with Crippen LogP contribution in [0.15, 0.2) is 38.9 Å². The first-order valence-corrected chi connectivity index (χ1v) is 11.1. The Labute approximate surface area is 171 Å². The maximum Gasteiger partial charge on any atom is 0.326 e. The van der Waals surface area contributed by atoms with E-state index in [-0.39, 0.29) is 15.8 Å². The zero-order chi connectivity index (χ0) is 20.8. The van der Waals surface area contributed by atoms with E-state index in [1.54, 1.807) is 17.9 Å². The monoisotopic (exact) mass is 437 g/mol. The summed E-state index contributed by atoms with van der Waals surface area (Å²) in [6.45, 7) is 0.333. The minimum absolute atomic E-state index is 0.0125. The van der Waals surface area contributed by atoms with Gasteiger partial charge in [-0.2, -0.15) is 9.40 Å². The maximum absolute atomic E-state index is 13.5. The number of hydrogen-bond acceptors (Lipinski definition) is 5. The molecule has 1 aliphatic rings. The van der Waals surface area contributed by atoms with Crippen LogP contribution >= 0.6 is 11.6 Å². The first-order chi connectivity index (χ1) is 13.8. The molecule has 3 heterocycles. The Hall–Kier alpha value is -2.43. The highest BCUT2D eigenvalue weighted by atomic mass is 35.5. The molecule has 1 aromatic carbocycles. The smallest absolute Gasteiger partial charge is 0.307 e. The van der Waals surface area contributed by atoms with E-state index in [1.807, 2.05) is 0 Å². The molecule has 1 aliphatic heterocycles. The van der Waals surface area contributed by atoms with Gasteiger partial charge in [-0.25, -0.2) is 13.2 Å². The summed E-state index contributed by atoms with van der Waals surface area (Å²) in [5.41, 5.74) is -0.475. The lowest BCUT2D eigenvalue weighted by molar-refractivity contribution is 0.321. The van der Waals surface area contributed by atoms with Crippen LogP contribution < -0.4 is 11.2 Å². The highest BCUT2D eigenvalue weighted by Gasteiger charge is 2.36. The van der Waals surface area contributed by atoms with Gasteiger partial charge in [0.25, 0.3) is 5.56 Å². The van der Waals surface area contributed by atoms with Crippen molar-refractivity contribution in [3.63, 3.8) is 0 Å². The molecule has 0 radical (unpaired) electrons. The number of sulfonamides is 1. The van der Waals surface area contributed by atoms with Crippen molar-refractivity contribution in [2.45, 2.75) is 36.6 Å². The zero-order valence-electron chi connectivity index (χ0n) is 15.7. The number of aryl methyl sites for hydroxylation is 1. The molecule has 0 unspecified atom stereocenters. The van der Waals surface area contributed by atoms with Crippen LogP contribution in [0.5, 0.6) is 0 Å². The van der Waals surface area contributed by atoms with E-state index < -0.39 is 27.3 Å². The Morgan fingerprint density at radius 2 is 1.97 bits per heavy atom. The van der Waals surface area contributed by atoms with E-state index in [9.17, 15) is 18.0 Å². The third kappa shape index (κ3) is 3.63. The van der Waals surface area contributed by atoms with Gasteiger partial charge in [-0.3, -0.25) is 14.5 Å². The predicted molar refractivity (Wildman–Crippen MR) is 109 cm³/mol. The standard InChI is InChI=1S/C18H20ClN5O4S/c1-23-10-13(19)16(22-23)15-5-3-2-4-8-24(15)29(27,28)11-6-7-14-12(9-11)17(25)21-18(26)20-14/h6-7,9-10,15H,2-5,8H2,1H3,(H2,20,21,25,26)/t15-/m0/s1. The van der Waals surface area contributed by atoms with Gasteiger partial charge in [0, 0.05) is 19.8 Å². The van der Waals surface area contributed by atoms with Gasteiger partial charge in [0.2, 0.25) is 10.0 Å². The van der Waals surface area contributed by atoms with Crippen molar-refractivity contribution in [3.8, 4) is 0 Å². The normalized spacial score (nSPS) is 18.8. The molecule has 11 heteroatoms. The highest BCUT2D eigenvalue weighted by Crippen LogP contribution is 2.37. The van der Waals surface area contributed by atoms with Crippen molar-refractivity contribution in [3.05, 3.63) is 56.0 Å². The fourth-order valence-electron chi connectivity index (χ4n) is 3.79. The van der Waals surface area contributed by atoms with Crippen LogP contribution in [-0.2, 0) is 17.1 Å². The SMILES string of the molecule is Cn1cc(Cl)c([C@@H]2CCCCCN2S(=O)(=O)c2ccc3[nH]c(=O)[nH]c(=O)c3c2)n1. The second-order valence-electron chi connectivity index (χ2n) is 7.13. The molecule has 154 valence electrons. The second kappa shape index (κ2) is 7.43. The number of aromatic nitrogens is 4. The first kappa shape index (κ1) is 19.9. The van der Waals surface area contributed by atoms with E-state index in [2.05, 4.69) is 15.1 Å². The fraction of sp³-hybridized carbons (Fsp3) is 0.389. The van der Waals surface area contributed by atoms with Crippen molar-refractivity contribution in [1.29, 1.82) is 0 Å². The third-order valence-electron chi connectivity index (χ3n) is 5.15. The first-order valence-electron chi connectivity index (χ1n) is 9.24. The van der Waals surface area contributed by atoms with Crippen LogP contribution in [0.4, 0.5) is 0 Å². The highest BCUT2D eigenvalue weighted by molar-refractivity contribution is 7.89. The molecule has 1 fully saturated rings. The summed E-state index contributed by atoms with van der Waals surface area (Å²) in [6, 6.07) is 3.64. The summed E-state index contributed by atoms with van der Waals surface area (Å²) in [7, 11) is -2.19. The Balaban J connectivity index is 1.83. The van der Waals surface area contributed by atoms with Gasteiger partial charge in [0.1, 0.15) is 0 Å². The molecule has 1 saturated heterocycles. The number of nitrogens with zero attached hydrogens (tertiary/aromatic N) is 3. The summed E-state index contributed by atoms with van der Waals surface area (Å²) >= 11 is 6.32. The molecule has 0 saturated carbocycles. The molecule has 2 aromatic heterocycles. The fourth-order valence-corrected chi connectivity index (χ4v) is 5.78. The molecule has 0 aliphatic carbocycles. The Bertz CT molecular complexity index is 1290. The molecule has 0 bridgehead atoms. The molecular weight excluding hydrogens is 418 g/mol. The van der Waals surface area contributed by atoms with Gasteiger partial charge in [0.05, 0.1) is 32.6 Å². The second-order valence-corrected chi connectivity index (χ2v) is 9.43. The average Bonchev–Trinajstić information content (AvgIpc) is 2.85. The van der Waals surface area contributed by atoms with Crippen LogP contribution in [0.1, 0.15) is 37.4 Å². The van der Waals surface area contributed by atoms with Crippen LogP contribution in [0.3, 0.4) is 0 Å². The summed E-state index contributed by atoms with van der Waals surface area (Å²) in [4.78, 5) is 28.2. The number of fused-ring (bicyclic) bond motifs is 1. The number of benzene rings is 1. The van der Waals surface area contributed by atoms with E-state index >= 15 is 0 Å². The summed E-state index contributed by atoms with van der Waals surface area (Å²) < 4.78 is 30.1. The molecular formula is C18H20ClN5O4S. The third-order valence-corrected chi connectivity index (χ3v) is 7.34. The lowest BCUT2D eigenvalue weighted by Gasteiger charge is -2.28. The van der Waals surface area contributed by atoms with E-state index in [1.165, 1.54) is 22.5 Å².